The molecular formula is C14H23N3O5. The summed E-state index contributed by atoms with van der Waals surface area (Å²) in [6.45, 7) is 6.77. The van der Waals surface area contributed by atoms with E-state index >= 15 is 0 Å². The number of amides is 1. The molecule has 0 aliphatic carbocycles. The molecule has 1 rings (SSSR count). The lowest BCUT2D eigenvalue weighted by molar-refractivity contribution is 0.0491. The number of alkyl carbamates (subject to hydrolysis) is 1. The fourth-order valence-electron chi connectivity index (χ4n) is 1.83. The SMILES string of the molecule is Cc1cn(C[C@H](CCO)NC(=O)OC(C)(C)C)c(=O)[nH]c1=O. The Morgan fingerprint density at radius 2 is 2.09 bits per heavy atom. The minimum atomic E-state index is -0.640. The molecule has 0 bridgehead atoms. The molecule has 0 aliphatic rings. The number of nitrogens with one attached hydrogen (secondary N) is 2. The van der Waals surface area contributed by atoms with Crippen LogP contribution in [0.15, 0.2) is 15.8 Å². The van der Waals surface area contributed by atoms with Gasteiger partial charge in [0.05, 0.1) is 6.04 Å². The van der Waals surface area contributed by atoms with Crippen molar-refractivity contribution in [3.63, 3.8) is 0 Å². The molecule has 22 heavy (non-hydrogen) atoms. The summed E-state index contributed by atoms with van der Waals surface area (Å²) < 4.78 is 6.43. The Balaban J connectivity index is 2.85. The van der Waals surface area contributed by atoms with Gasteiger partial charge in [0.1, 0.15) is 5.60 Å². The summed E-state index contributed by atoms with van der Waals surface area (Å²) in [6.07, 6.45) is 1.05. The van der Waals surface area contributed by atoms with Gasteiger partial charge in [-0.2, -0.15) is 0 Å². The van der Waals surface area contributed by atoms with Crippen molar-refractivity contribution in [3.05, 3.63) is 32.6 Å². The highest BCUT2D eigenvalue weighted by Crippen LogP contribution is 2.07. The Kier molecular flexibility index (Phi) is 5.92. The highest BCUT2D eigenvalue weighted by molar-refractivity contribution is 5.68. The average molecular weight is 313 g/mol. The van der Waals surface area contributed by atoms with Crippen LogP contribution in [-0.2, 0) is 11.3 Å². The van der Waals surface area contributed by atoms with Crippen LogP contribution in [0.3, 0.4) is 0 Å². The van der Waals surface area contributed by atoms with Gasteiger partial charge < -0.3 is 15.2 Å². The van der Waals surface area contributed by atoms with Crippen LogP contribution in [0.4, 0.5) is 4.79 Å². The van der Waals surface area contributed by atoms with Crippen LogP contribution in [-0.4, -0.2) is 39.0 Å². The van der Waals surface area contributed by atoms with E-state index in [-0.39, 0.29) is 19.6 Å². The summed E-state index contributed by atoms with van der Waals surface area (Å²) in [4.78, 5) is 37.1. The van der Waals surface area contributed by atoms with Crippen molar-refractivity contribution in [1.29, 1.82) is 0 Å². The molecule has 0 unspecified atom stereocenters. The number of aliphatic hydroxyl groups is 1. The summed E-state index contributed by atoms with van der Waals surface area (Å²) in [5, 5.41) is 11.7. The van der Waals surface area contributed by atoms with Gasteiger partial charge in [0, 0.05) is 24.9 Å². The van der Waals surface area contributed by atoms with Crippen molar-refractivity contribution in [1.82, 2.24) is 14.9 Å². The molecule has 1 heterocycles. The summed E-state index contributed by atoms with van der Waals surface area (Å²) in [5.74, 6) is 0. The van der Waals surface area contributed by atoms with Crippen LogP contribution in [0.1, 0.15) is 32.8 Å². The number of ether oxygens (including phenoxy) is 1. The third-order valence-electron chi connectivity index (χ3n) is 2.80. The Morgan fingerprint density at radius 1 is 1.45 bits per heavy atom. The molecule has 8 nitrogen and oxygen atoms in total. The lowest BCUT2D eigenvalue weighted by Gasteiger charge is -2.23. The first-order valence-electron chi connectivity index (χ1n) is 7.03. The van der Waals surface area contributed by atoms with Gasteiger partial charge in [0.2, 0.25) is 0 Å². The zero-order chi connectivity index (χ0) is 16.9. The summed E-state index contributed by atoms with van der Waals surface area (Å²) in [7, 11) is 0. The quantitative estimate of drug-likeness (QED) is 0.714. The molecule has 0 aliphatic heterocycles. The van der Waals surface area contributed by atoms with Gasteiger partial charge in [0.25, 0.3) is 5.56 Å². The fourth-order valence-corrected chi connectivity index (χ4v) is 1.83. The van der Waals surface area contributed by atoms with Crippen LogP contribution in [0, 0.1) is 6.92 Å². The maximum atomic E-state index is 11.8. The Bertz CT molecular complexity index is 627. The van der Waals surface area contributed by atoms with E-state index in [4.69, 9.17) is 9.84 Å². The van der Waals surface area contributed by atoms with Gasteiger partial charge in [-0.15, -0.1) is 0 Å². The molecule has 1 atom stereocenters. The number of aryl methyl sites for hydroxylation is 1. The van der Waals surface area contributed by atoms with Gasteiger partial charge >= 0.3 is 11.8 Å². The first-order valence-corrected chi connectivity index (χ1v) is 7.03. The number of hydrogen-bond donors (Lipinski definition) is 3. The van der Waals surface area contributed by atoms with Gasteiger partial charge in [-0.25, -0.2) is 9.59 Å². The fraction of sp³-hybridized carbons (Fsp3) is 0.643. The van der Waals surface area contributed by atoms with Crippen molar-refractivity contribution in [3.8, 4) is 0 Å². The monoisotopic (exact) mass is 313 g/mol. The number of carbonyl (C=O) groups is 1. The van der Waals surface area contributed by atoms with Crippen LogP contribution in [0.2, 0.25) is 0 Å². The molecule has 1 aromatic heterocycles. The van der Waals surface area contributed by atoms with E-state index in [1.165, 1.54) is 10.8 Å². The van der Waals surface area contributed by atoms with Crippen LogP contribution >= 0.6 is 0 Å². The van der Waals surface area contributed by atoms with E-state index in [0.29, 0.717) is 5.56 Å². The van der Waals surface area contributed by atoms with Crippen LogP contribution < -0.4 is 16.6 Å². The largest absolute Gasteiger partial charge is 0.444 e. The average Bonchev–Trinajstić information content (AvgIpc) is 2.33. The molecular weight excluding hydrogens is 290 g/mol. The number of carbonyl (C=O) groups excluding carboxylic acids is 1. The van der Waals surface area contributed by atoms with E-state index in [1.807, 2.05) is 0 Å². The number of aromatic amines is 1. The van der Waals surface area contributed by atoms with Crippen LogP contribution in [0.25, 0.3) is 0 Å². The molecule has 3 N–H and O–H groups in total. The predicted molar refractivity (Wildman–Crippen MR) is 80.9 cm³/mol. The second-order valence-electron chi connectivity index (χ2n) is 6.08. The Morgan fingerprint density at radius 3 is 2.64 bits per heavy atom. The number of aromatic nitrogens is 2. The lowest BCUT2D eigenvalue weighted by atomic mass is 10.2. The highest BCUT2D eigenvalue weighted by atomic mass is 16.6. The van der Waals surface area contributed by atoms with Gasteiger partial charge in [-0.1, -0.05) is 0 Å². The molecule has 1 aromatic rings. The molecule has 0 saturated heterocycles. The second kappa shape index (κ2) is 7.26. The maximum Gasteiger partial charge on any atom is 0.407 e. The lowest BCUT2D eigenvalue weighted by Crippen LogP contribution is -2.44. The molecule has 1 amide bonds. The minimum absolute atomic E-state index is 0.121. The first-order chi connectivity index (χ1) is 10.1. The summed E-state index contributed by atoms with van der Waals surface area (Å²) in [5.41, 5.74) is -1.26. The summed E-state index contributed by atoms with van der Waals surface area (Å²) in [6, 6.07) is -0.497. The van der Waals surface area contributed by atoms with Crippen molar-refractivity contribution >= 4 is 6.09 Å². The zero-order valence-electron chi connectivity index (χ0n) is 13.3. The van der Waals surface area contributed by atoms with E-state index in [2.05, 4.69) is 10.3 Å². The summed E-state index contributed by atoms with van der Waals surface area (Å²) >= 11 is 0. The molecule has 124 valence electrons. The zero-order valence-corrected chi connectivity index (χ0v) is 13.3. The van der Waals surface area contributed by atoms with Crippen molar-refractivity contribution in [2.75, 3.05) is 6.61 Å². The van der Waals surface area contributed by atoms with E-state index in [9.17, 15) is 14.4 Å². The van der Waals surface area contributed by atoms with Crippen molar-refractivity contribution in [2.45, 2.75) is 52.3 Å². The van der Waals surface area contributed by atoms with E-state index in [0.717, 1.165) is 0 Å². The second-order valence-corrected chi connectivity index (χ2v) is 6.08. The van der Waals surface area contributed by atoms with E-state index < -0.39 is 29.0 Å². The standard InChI is InChI=1S/C14H23N3O5/c1-9-7-17(12(20)16-11(9)19)8-10(5-6-18)15-13(21)22-14(2,3)4/h7,10,18H,5-6,8H2,1-4H3,(H,15,21)(H,16,19,20)/t10-/m0/s1. The van der Waals surface area contributed by atoms with Crippen molar-refractivity contribution in [2.24, 2.45) is 0 Å². The molecule has 8 heteroatoms. The number of nitrogens with zero attached hydrogens (tertiary/aromatic N) is 1. The third-order valence-corrected chi connectivity index (χ3v) is 2.80. The van der Waals surface area contributed by atoms with Gasteiger partial charge in [-0.05, 0) is 34.1 Å². The third kappa shape index (κ3) is 5.72. The Labute approximate surface area is 128 Å². The number of hydrogen-bond acceptors (Lipinski definition) is 5. The molecule has 0 saturated carbocycles. The normalized spacial score (nSPS) is 12.8. The smallest absolute Gasteiger partial charge is 0.407 e. The molecule has 0 fully saturated rings. The molecule has 0 radical (unpaired) electrons. The van der Waals surface area contributed by atoms with Gasteiger partial charge in [-0.3, -0.25) is 14.3 Å². The first kappa shape index (κ1) is 18.0. The van der Waals surface area contributed by atoms with Crippen molar-refractivity contribution < 1.29 is 14.6 Å². The van der Waals surface area contributed by atoms with E-state index in [1.54, 1.807) is 27.7 Å². The number of rotatable bonds is 5. The Hall–Kier alpha value is -2.09. The maximum absolute atomic E-state index is 11.8. The molecule has 0 spiro atoms. The van der Waals surface area contributed by atoms with Crippen LogP contribution in [0.5, 0.6) is 0 Å². The molecule has 0 aromatic carbocycles. The van der Waals surface area contributed by atoms with Gasteiger partial charge in [0.15, 0.2) is 0 Å². The highest BCUT2D eigenvalue weighted by Gasteiger charge is 2.20. The topological polar surface area (TPSA) is 113 Å². The number of H-pyrrole nitrogens is 1. The number of aliphatic hydroxyl groups excluding tert-OH is 1. The predicted octanol–water partition coefficient (Wildman–Crippen LogP) is 0.121. The minimum Gasteiger partial charge on any atom is -0.444 e.